The summed E-state index contributed by atoms with van der Waals surface area (Å²) in [5.41, 5.74) is 0.374. The first kappa shape index (κ1) is 10.2. The van der Waals surface area contributed by atoms with E-state index in [1.165, 1.54) is 0 Å². The number of ketones is 1. The lowest BCUT2D eigenvalue weighted by Crippen LogP contribution is -2.19. The second-order valence-corrected chi connectivity index (χ2v) is 5.84. The Balaban J connectivity index is 2.07. The summed E-state index contributed by atoms with van der Waals surface area (Å²) in [7, 11) is 0. The van der Waals surface area contributed by atoms with E-state index in [2.05, 4.69) is 27.7 Å². The smallest absolute Gasteiger partial charge is 0.142 e. The molecule has 1 unspecified atom stereocenters. The molecule has 0 bridgehead atoms. The van der Waals surface area contributed by atoms with Crippen molar-refractivity contribution in [2.75, 3.05) is 13.2 Å². The van der Waals surface area contributed by atoms with Crippen LogP contribution in [-0.2, 0) is 9.53 Å². The lowest BCUT2D eigenvalue weighted by molar-refractivity contribution is -0.125. The number of Topliss-reactive ketones (excluding diaryl/α,β-unsaturated/α-hetero) is 1. The van der Waals surface area contributed by atoms with Crippen LogP contribution in [0.2, 0.25) is 0 Å². The average molecular weight is 196 g/mol. The van der Waals surface area contributed by atoms with Crippen LogP contribution in [-0.4, -0.2) is 19.0 Å². The molecule has 2 nitrogen and oxygen atoms in total. The van der Waals surface area contributed by atoms with Crippen LogP contribution in [0.1, 0.15) is 34.1 Å². The van der Waals surface area contributed by atoms with Crippen molar-refractivity contribution in [3.8, 4) is 0 Å². The first-order valence-electron chi connectivity index (χ1n) is 5.50. The van der Waals surface area contributed by atoms with Gasteiger partial charge in [-0.15, -0.1) is 0 Å². The molecule has 2 heteroatoms. The summed E-state index contributed by atoms with van der Waals surface area (Å²) in [4.78, 5) is 12.2. The molecular weight excluding hydrogens is 176 g/mol. The van der Waals surface area contributed by atoms with Crippen molar-refractivity contribution in [3.63, 3.8) is 0 Å². The minimum Gasteiger partial charge on any atom is -0.381 e. The van der Waals surface area contributed by atoms with E-state index < -0.39 is 0 Å². The lowest BCUT2D eigenvalue weighted by atomic mass is 9.95. The molecule has 0 aromatic heterocycles. The molecular formula is C12H20O2. The summed E-state index contributed by atoms with van der Waals surface area (Å²) in [6, 6.07) is 0. The van der Waals surface area contributed by atoms with Crippen LogP contribution in [0.15, 0.2) is 0 Å². The quantitative estimate of drug-likeness (QED) is 0.677. The Kier molecular flexibility index (Phi) is 2.04. The highest BCUT2D eigenvalue weighted by molar-refractivity contribution is 5.88. The average Bonchev–Trinajstić information content (AvgIpc) is 2.53. The Labute approximate surface area is 86.0 Å². The SMILES string of the molecule is CC1(C)C(C(=O)C2CCOC2)C1(C)C. The van der Waals surface area contributed by atoms with Gasteiger partial charge in [0, 0.05) is 18.4 Å². The molecule has 0 amide bonds. The van der Waals surface area contributed by atoms with Crippen molar-refractivity contribution >= 4 is 5.78 Å². The van der Waals surface area contributed by atoms with Crippen molar-refractivity contribution in [1.29, 1.82) is 0 Å². The third-order valence-corrected chi connectivity index (χ3v) is 4.64. The molecule has 2 fully saturated rings. The maximum Gasteiger partial charge on any atom is 0.142 e. The van der Waals surface area contributed by atoms with Gasteiger partial charge in [0.15, 0.2) is 0 Å². The van der Waals surface area contributed by atoms with Crippen LogP contribution in [0.25, 0.3) is 0 Å². The number of hydrogen-bond acceptors (Lipinski definition) is 2. The third kappa shape index (κ3) is 1.16. The van der Waals surface area contributed by atoms with E-state index in [4.69, 9.17) is 4.74 Å². The monoisotopic (exact) mass is 196 g/mol. The Hall–Kier alpha value is -0.370. The number of ether oxygens (including phenoxy) is 1. The minimum absolute atomic E-state index is 0.182. The highest BCUT2D eigenvalue weighted by atomic mass is 16.5. The zero-order valence-electron chi connectivity index (χ0n) is 9.59. The van der Waals surface area contributed by atoms with Gasteiger partial charge >= 0.3 is 0 Å². The minimum atomic E-state index is 0.182. The molecule has 1 atom stereocenters. The van der Waals surface area contributed by atoms with E-state index in [9.17, 15) is 4.79 Å². The van der Waals surface area contributed by atoms with E-state index in [0.29, 0.717) is 12.4 Å². The molecule has 14 heavy (non-hydrogen) atoms. The summed E-state index contributed by atoms with van der Waals surface area (Å²) in [5, 5.41) is 0. The van der Waals surface area contributed by atoms with Gasteiger partial charge in [0.2, 0.25) is 0 Å². The van der Waals surface area contributed by atoms with E-state index in [0.717, 1.165) is 13.0 Å². The summed E-state index contributed by atoms with van der Waals surface area (Å²) < 4.78 is 5.27. The van der Waals surface area contributed by atoms with Crippen LogP contribution in [0, 0.1) is 22.7 Å². The van der Waals surface area contributed by atoms with Crippen LogP contribution in [0.4, 0.5) is 0 Å². The molecule has 1 aliphatic heterocycles. The highest BCUT2D eigenvalue weighted by Crippen LogP contribution is 2.69. The molecule has 1 saturated heterocycles. The molecule has 80 valence electrons. The normalized spacial score (nSPS) is 34.4. The zero-order chi connectivity index (χ0) is 10.6. The maximum absolute atomic E-state index is 12.2. The fraction of sp³-hybridized carbons (Fsp3) is 0.917. The standard InChI is InChI=1S/C12H20O2/c1-11(2)10(12(11,3)4)9(13)8-5-6-14-7-8/h8,10H,5-7H2,1-4H3. The Morgan fingerprint density at radius 2 is 1.79 bits per heavy atom. The van der Waals surface area contributed by atoms with Crippen molar-refractivity contribution < 1.29 is 9.53 Å². The van der Waals surface area contributed by atoms with Gasteiger partial charge in [-0.3, -0.25) is 4.79 Å². The van der Waals surface area contributed by atoms with Gasteiger partial charge in [-0.1, -0.05) is 27.7 Å². The first-order chi connectivity index (χ1) is 6.39. The topological polar surface area (TPSA) is 26.3 Å². The van der Waals surface area contributed by atoms with Gasteiger partial charge < -0.3 is 4.74 Å². The molecule has 0 radical (unpaired) electrons. The maximum atomic E-state index is 12.2. The predicted molar refractivity (Wildman–Crippen MR) is 55.0 cm³/mol. The van der Waals surface area contributed by atoms with Gasteiger partial charge in [-0.2, -0.15) is 0 Å². The second kappa shape index (κ2) is 2.82. The highest BCUT2D eigenvalue weighted by Gasteiger charge is 2.68. The summed E-state index contributed by atoms with van der Waals surface area (Å²) >= 11 is 0. The summed E-state index contributed by atoms with van der Waals surface area (Å²) in [6.45, 7) is 10.2. The van der Waals surface area contributed by atoms with Crippen molar-refractivity contribution in [3.05, 3.63) is 0 Å². The number of carbonyl (C=O) groups is 1. The van der Waals surface area contributed by atoms with Crippen LogP contribution >= 0.6 is 0 Å². The number of rotatable bonds is 2. The molecule has 0 aromatic carbocycles. The van der Waals surface area contributed by atoms with E-state index >= 15 is 0 Å². The Morgan fingerprint density at radius 3 is 2.14 bits per heavy atom. The van der Waals surface area contributed by atoms with E-state index in [1.807, 2.05) is 0 Å². The fourth-order valence-electron chi connectivity index (χ4n) is 2.90. The van der Waals surface area contributed by atoms with Gasteiger partial charge in [-0.25, -0.2) is 0 Å². The van der Waals surface area contributed by atoms with Crippen LogP contribution < -0.4 is 0 Å². The lowest BCUT2D eigenvalue weighted by Gasteiger charge is -2.07. The van der Waals surface area contributed by atoms with Crippen molar-refractivity contribution in [2.24, 2.45) is 22.7 Å². The number of carbonyl (C=O) groups excluding carboxylic acids is 1. The van der Waals surface area contributed by atoms with E-state index in [1.54, 1.807) is 0 Å². The van der Waals surface area contributed by atoms with Crippen molar-refractivity contribution in [1.82, 2.24) is 0 Å². The molecule has 2 aliphatic rings. The Morgan fingerprint density at radius 1 is 1.21 bits per heavy atom. The summed E-state index contributed by atoms with van der Waals surface area (Å²) in [5.74, 6) is 0.875. The fourth-order valence-corrected chi connectivity index (χ4v) is 2.90. The largest absolute Gasteiger partial charge is 0.381 e. The van der Waals surface area contributed by atoms with E-state index in [-0.39, 0.29) is 22.7 Å². The molecule has 2 rings (SSSR count). The van der Waals surface area contributed by atoms with Crippen LogP contribution in [0.3, 0.4) is 0 Å². The second-order valence-electron chi connectivity index (χ2n) is 5.84. The van der Waals surface area contributed by atoms with Gasteiger partial charge in [0.25, 0.3) is 0 Å². The van der Waals surface area contributed by atoms with Gasteiger partial charge in [-0.05, 0) is 17.3 Å². The molecule has 0 N–H and O–H groups in total. The Bertz CT molecular complexity index is 245. The zero-order valence-corrected chi connectivity index (χ0v) is 9.59. The van der Waals surface area contributed by atoms with Crippen LogP contribution in [0.5, 0.6) is 0 Å². The number of hydrogen-bond donors (Lipinski definition) is 0. The molecule has 1 saturated carbocycles. The third-order valence-electron chi connectivity index (χ3n) is 4.64. The molecule has 0 aromatic rings. The first-order valence-corrected chi connectivity index (χ1v) is 5.50. The van der Waals surface area contributed by atoms with Crippen molar-refractivity contribution in [2.45, 2.75) is 34.1 Å². The molecule has 1 heterocycles. The predicted octanol–water partition coefficient (Wildman–Crippen LogP) is 2.27. The van der Waals surface area contributed by atoms with Gasteiger partial charge in [0.05, 0.1) is 6.61 Å². The summed E-state index contributed by atoms with van der Waals surface area (Å²) in [6.07, 6.45) is 0.932. The molecule has 1 aliphatic carbocycles. The molecule has 0 spiro atoms. The van der Waals surface area contributed by atoms with Gasteiger partial charge in [0.1, 0.15) is 5.78 Å².